The van der Waals surface area contributed by atoms with E-state index in [1.807, 2.05) is 0 Å². The van der Waals surface area contributed by atoms with Crippen LogP contribution in [0.2, 0.25) is 0 Å². The number of aryl methyl sites for hydroxylation is 2. The van der Waals surface area contributed by atoms with Crippen LogP contribution in [0.15, 0.2) is 88.7 Å². The third-order valence-electron chi connectivity index (χ3n) is 5.93. The van der Waals surface area contributed by atoms with Crippen LogP contribution in [0, 0.1) is 13.8 Å². The van der Waals surface area contributed by atoms with Crippen molar-refractivity contribution in [2.75, 3.05) is 35.1 Å². The molecule has 0 fully saturated rings. The first-order chi connectivity index (χ1) is 19.9. The number of aromatic nitrogens is 2. The average Bonchev–Trinajstić information content (AvgIpc) is 2.95. The lowest BCUT2D eigenvalue weighted by Gasteiger charge is -2.24. The van der Waals surface area contributed by atoms with E-state index in [0.717, 1.165) is 4.31 Å². The maximum atomic E-state index is 13.7. The first kappa shape index (κ1) is 30.3. The Labute approximate surface area is 244 Å². The Morgan fingerprint density at radius 3 is 1.98 bits per heavy atom. The van der Waals surface area contributed by atoms with Crippen molar-refractivity contribution in [3.8, 4) is 11.5 Å². The molecule has 0 saturated heterocycles. The molecule has 12 nitrogen and oxygen atoms in total. The number of hydrogen-bond acceptors (Lipinski definition) is 9. The van der Waals surface area contributed by atoms with E-state index in [-0.39, 0.29) is 32.9 Å². The summed E-state index contributed by atoms with van der Waals surface area (Å²) in [6.45, 7) is 2.89. The molecule has 0 unspecified atom stereocenters. The third-order valence-corrected chi connectivity index (χ3v) is 9.04. The van der Waals surface area contributed by atoms with Crippen molar-refractivity contribution in [3.63, 3.8) is 0 Å². The van der Waals surface area contributed by atoms with Gasteiger partial charge >= 0.3 is 0 Å². The van der Waals surface area contributed by atoms with E-state index in [1.54, 1.807) is 50.2 Å². The molecule has 3 aromatic carbocycles. The van der Waals surface area contributed by atoms with Crippen molar-refractivity contribution >= 4 is 43.3 Å². The second-order valence-corrected chi connectivity index (χ2v) is 12.6. The van der Waals surface area contributed by atoms with Gasteiger partial charge < -0.3 is 14.8 Å². The molecule has 4 rings (SSSR count). The molecule has 0 aliphatic carbocycles. The first-order valence-electron chi connectivity index (χ1n) is 12.5. The van der Waals surface area contributed by atoms with E-state index < -0.39 is 32.5 Å². The monoisotopic (exact) mass is 611 g/mol. The molecule has 0 saturated carbocycles. The minimum Gasteiger partial charge on any atom is -0.493 e. The minimum absolute atomic E-state index is 0.0541. The zero-order chi connectivity index (χ0) is 30.5. The van der Waals surface area contributed by atoms with Crippen LogP contribution in [0.4, 0.5) is 17.3 Å². The van der Waals surface area contributed by atoms with Crippen molar-refractivity contribution in [3.05, 3.63) is 90.3 Å². The molecule has 0 bridgehead atoms. The lowest BCUT2D eigenvalue weighted by Crippen LogP contribution is -2.38. The fourth-order valence-corrected chi connectivity index (χ4v) is 6.39. The third kappa shape index (κ3) is 6.95. The van der Waals surface area contributed by atoms with Crippen LogP contribution in [0.5, 0.6) is 11.5 Å². The number of sulfonamides is 2. The summed E-state index contributed by atoms with van der Waals surface area (Å²) in [7, 11) is -5.40. The Balaban J connectivity index is 1.54. The van der Waals surface area contributed by atoms with Gasteiger partial charge in [-0.05, 0) is 68.4 Å². The predicted octanol–water partition coefficient (Wildman–Crippen LogP) is 3.75. The summed E-state index contributed by atoms with van der Waals surface area (Å²) in [4.78, 5) is 21.1. The highest BCUT2D eigenvalue weighted by Gasteiger charge is 2.28. The van der Waals surface area contributed by atoms with Crippen molar-refractivity contribution in [2.45, 2.75) is 23.6 Å². The van der Waals surface area contributed by atoms with Gasteiger partial charge in [0.25, 0.3) is 20.0 Å². The fourth-order valence-electron chi connectivity index (χ4n) is 4.01. The second-order valence-electron chi connectivity index (χ2n) is 9.02. The van der Waals surface area contributed by atoms with Gasteiger partial charge in [-0.2, -0.15) is 0 Å². The highest BCUT2D eigenvalue weighted by Crippen LogP contribution is 2.32. The summed E-state index contributed by atoms with van der Waals surface area (Å²) in [6, 6.07) is 19.4. The Morgan fingerprint density at radius 1 is 0.786 bits per heavy atom. The summed E-state index contributed by atoms with van der Waals surface area (Å²) in [6.07, 6.45) is 0. The Hall–Kier alpha value is -4.69. The SMILES string of the molecule is COc1ccc(S(=O)(=O)N(CC(=O)Nc2ccc(S(=O)(=O)Nc3nc(C)cc(C)n3)cc2)c2ccccc2)cc1OC. The molecule has 0 aliphatic heterocycles. The number of anilines is 3. The van der Waals surface area contributed by atoms with Gasteiger partial charge in [0, 0.05) is 23.1 Å². The minimum atomic E-state index is -4.22. The van der Waals surface area contributed by atoms with Crippen molar-refractivity contribution < 1.29 is 31.1 Å². The largest absolute Gasteiger partial charge is 0.493 e. The Kier molecular flexibility index (Phi) is 8.97. The standard InChI is InChI=1S/C28H29N5O7S2/c1-19-16-20(2)30-28(29-19)32-41(35,36)23-12-10-21(11-13-23)31-27(34)18-33(22-8-6-5-7-9-22)42(37,38)24-14-15-25(39-3)26(17-24)40-4/h5-17H,18H2,1-4H3,(H,31,34)(H,29,30,32). The number of amides is 1. The van der Waals surface area contributed by atoms with Crippen LogP contribution in [-0.2, 0) is 24.8 Å². The number of carbonyl (C=O) groups excluding carboxylic acids is 1. The van der Waals surface area contributed by atoms with Gasteiger partial charge in [-0.15, -0.1) is 0 Å². The van der Waals surface area contributed by atoms with Crippen molar-refractivity contribution in [2.24, 2.45) is 0 Å². The maximum absolute atomic E-state index is 13.7. The van der Waals surface area contributed by atoms with E-state index in [9.17, 15) is 21.6 Å². The maximum Gasteiger partial charge on any atom is 0.264 e. The average molecular weight is 612 g/mol. The molecule has 42 heavy (non-hydrogen) atoms. The number of methoxy groups -OCH3 is 2. The number of hydrogen-bond donors (Lipinski definition) is 2. The van der Waals surface area contributed by atoms with Crippen LogP contribution in [0.1, 0.15) is 11.4 Å². The van der Waals surface area contributed by atoms with Gasteiger partial charge in [-0.3, -0.25) is 9.10 Å². The Morgan fingerprint density at radius 2 is 1.38 bits per heavy atom. The molecule has 0 atom stereocenters. The van der Waals surface area contributed by atoms with Crippen molar-refractivity contribution in [1.82, 2.24) is 9.97 Å². The van der Waals surface area contributed by atoms with E-state index in [1.165, 1.54) is 56.7 Å². The quantitative estimate of drug-likeness (QED) is 0.258. The molecule has 1 heterocycles. The first-order valence-corrected chi connectivity index (χ1v) is 15.4. The molecule has 14 heteroatoms. The molecule has 0 aliphatic rings. The number of rotatable bonds is 11. The van der Waals surface area contributed by atoms with Gasteiger partial charge in [0.2, 0.25) is 11.9 Å². The Bertz CT molecular complexity index is 1780. The number of nitrogens with zero attached hydrogens (tertiary/aromatic N) is 3. The van der Waals surface area contributed by atoms with E-state index in [0.29, 0.717) is 17.1 Å². The molecule has 0 radical (unpaired) electrons. The number of nitrogens with one attached hydrogen (secondary N) is 2. The molecule has 0 spiro atoms. The normalized spacial score (nSPS) is 11.4. The number of para-hydroxylation sites is 1. The van der Waals surface area contributed by atoms with Crippen LogP contribution < -0.4 is 23.8 Å². The van der Waals surface area contributed by atoms with E-state index in [2.05, 4.69) is 20.0 Å². The molecule has 1 amide bonds. The van der Waals surface area contributed by atoms with E-state index >= 15 is 0 Å². The topological polar surface area (TPSA) is 157 Å². The van der Waals surface area contributed by atoms with E-state index in [4.69, 9.17) is 9.47 Å². The molecular formula is C28H29N5O7S2. The summed E-state index contributed by atoms with van der Waals surface area (Å²) in [5.74, 6) is -0.144. The molecular weight excluding hydrogens is 582 g/mol. The summed E-state index contributed by atoms with van der Waals surface area (Å²) >= 11 is 0. The predicted molar refractivity (Wildman–Crippen MR) is 158 cm³/mol. The zero-order valence-electron chi connectivity index (χ0n) is 23.2. The summed E-state index contributed by atoms with van der Waals surface area (Å²) < 4.78 is 66.8. The number of benzene rings is 3. The smallest absolute Gasteiger partial charge is 0.264 e. The lowest BCUT2D eigenvalue weighted by atomic mass is 10.3. The molecule has 1 aromatic heterocycles. The van der Waals surface area contributed by atoms with Gasteiger partial charge in [0.15, 0.2) is 11.5 Å². The van der Waals surface area contributed by atoms with Crippen LogP contribution in [0.3, 0.4) is 0 Å². The van der Waals surface area contributed by atoms with Gasteiger partial charge in [0.1, 0.15) is 6.54 Å². The van der Waals surface area contributed by atoms with Gasteiger partial charge in [0.05, 0.1) is 29.7 Å². The number of carbonyl (C=O) groups is 1. The highest BCUT2D eigenvalue weighted by atomic mass is 32.2. The molecule has 4 aromatic rings. The molecule has 220 valence electrons. The zero-order valence-corrected chi connectivity index (χ0v) is 24.9. The lowest BCUT2D eigenvalue weighted by molar-refractivity contribution is -0.114. The highest BCUT2D eigenvalue weighted by molar-refractivity contribution is 7.93. The summed E-state index contributed by atoms with van der Waals surface area (Å²) in [5, 5.41) is 2.62. The van der Waals surface area contributed by atoms with Crippen molar-refractivity contribution in [1.29, 1.82) is 0 Å². The van der Waals surface area contributed by atoms with Gasteiger partial charge in [-0.25, -0.2) is 31.5 Å². The van der Waals surface area contributed by atoms with Crippen LogP contribution >= 0.6 is 0 Å². The van der Waals surface area contributed by atoms with Crippen LogP contribution in [0.25, 0.3) is 0 Å². The molecule has 2 N–H and O–H groups in total. The second kappa shape index (κ2) is 12.4. The van der Waals surface area contributed by atoms with Crippen LogP contribution in [-0.4, -0.2) is 53.5 Å². The van der Waals surface area contributed by atoms with Gasteiger partial charge in [-0.1, -0.05) is 18.2 Å². The summed E-state index contributed by atoms with van der Waals surface area (Å²) in [5.41, 5.74) is 1.74. The number of ether oxygens (including phenoxy) is 2. The fraction of sp³-hybridized carbons (Fsp3) is 0.179.